The molecule has 94 valence electrons. The summed E-state index contributed by atoms with van der Waals surface area (Å²) in [5, 5.41) is 20.4. The molecule has 1 N–H and O–H groups in total. The molecular weight excluding hydrogens is 293 g/mol. The van der Waals surface area contributed by atoms with Gasteiger partial charge in [-0.1, -0.05) is 13.3 Å². The minimum Gasteiger partial charge on any atom is -0.393 e. The van der Waals surface area contributed by atoms with Crippen molar-refractivity contribution in [3.8, 4) is 0 Å². The van der Waals surface area contributed by atoms with E-state index in [9.17, 15) is 19.6 Å². The van der Waals surface area contributed by atoms with Crippen LogP contribution in [-0.2, 0) is 6.42 Å². The number of nitro groups is 1. The van der Waals surface area contributed by atoms with Crippen LogP contribution in [0, 0.1) is 15.9 Å². The van der Waals surface area contributed by atoms with Gasteiger partial charge in [-0.25, -0.2) is 4.39 Å². The van der Waals surface area contributed by atoms with Crippen molar-refractivity contribution >= 4 is 21.6 Å². The highest BCUT2D eigenvalue weighted by Gasteiger charge is 2.19. The van der Waals surface area contributed by atoms with Crippen molar-refractivity contribution in [2.45, 2.75) is 32.3 Å². The van der Waals surface area contributed by atoms with Gasteiger partial charge in [0.15, 0.2) is 0 Å². The third-order valence-electron chi connectivity index (χ3n) is 2.40. The Morgan fingerprint density at radius 2 is 2.24 bits per heavy atom. The molecule has 1 aromatic rings. The fraction of sp³-hybridized carbons (Fsp3) is 0.455. The molecule has 0 fully saturated rings. The molecule has 0 aliphatic rings. The van der Waals surface area contributed by atoms with Gasteiger partial charge in [0.1, 0.15) is 5.82 Å². The molecule has 0 spiro atoms. The zero-order valence-electron chi connectivity index (χ0n) is 9.32. The fourth-order valence-electron chi connectivity index (χ4n) is 1.60. The van der Waals surface area contributed by atoms with E-state index in [0.29, 0.717) is 6.42 Å². The number of rotatable bonds is 5. The third-order valence-corrected chi connectivity index (χ3v) is 3.00. The Morgan fingerprint density at radius 1 is 1.59 bits per heavy atom. The second kappa shape index (κ2) is 6.07. The lowest BCUT2D eigenvalue weighted by Gasteiger charge is -2.10. The summed E-state index contributed by atoms with van der Waals surface area (Å²) in [5.74, 6) is -0.561. The molecule has 17 heavy (non-hydrogen) atoms. The van der Waals surface area contributed by atoms with Crippen molar-refractivity contribution in [3.63, 3.8) is 0 Å². The van der Waals surface area contributed by atoms with Crippen molar-refractivity contribution in [1.82, 2.24) is 0 Å². The normalized spacial score (nSPS) is 12.5. The molecule has 4 nitrogen and oxygen atoms in total. The highest BCUT2D eigenvalue weighted by Crippen LogP contribution is 2.27. The van der Waals surface area contributed by atoms with Crippen LogP contribution in [-0.4, -0.2) is 16.1 Å². The monoisotopic (exact) mass is 305 g/mol. The summed E-state index contributed by atoms with van der Waals surface area (Å²) in [6.45, 7) is 1.90. The lowest BCUT2D eigenvalue weighted by molar-refractivity contribution is -0.385. The van der Waals surface area contributed by atoms with Crippen LogP contribution in [0.1, 0.15) is 25.3 Å². The molecule has 0 heterocycles. The average Bonchev–Trinajstić information content (AvgIpc) is 2.23. The summed E-state index contributed by atoms with van der Waals surface area (Å²) in [4.78, 5) is 10.2. The number of hydrogen-bond acceptors (Lipinski definition) is 3. The minimum atomic E-state index is -0.681. The largest absolute Gasteiger partial charge is 0.393 e. The summed E-state index contributed by atoms with van der Waals surface area (Å²) in [6, 6.07) is 2.23. The first-order chi connectivity index (χ1) is 7.95. The smallest absolute Gasteiger partial charge is 0.274 e. The highest BCUT2D eigenvalue weighted by atomic mass is 79.9. The Labute approximate surface area is 107 Å². The molecule has 1 rings (SSSR count). The van der Waals surface area contributed by atoms with Gasteiger partial charge in [0, 0.05) is 18.1 Å². The number of halogens is 2. The summed E-state index contributed by atoms with van der Waals surface area (Å²) >= 11 is 2.90. The topological polar surface area (TPSA) is 63.4 Å². The zero-order chi connectivity index (χ0) is 13.0. The molecule has 1 atom stereocenters. The standard InChI is InChI=1S/C11H13BrFNO3/c1-2-3-8(15)4-7-5-10(13)9(12)6-11(7)14(16)17/h5-6,8,15H,2-4H2,1H3. The van der Waals surface area contributed by atoms with E-state index in [-0.39, 0.29) is 22.1 Å². The fourth-order valence-corrected chi connectivity index (χ4v) is 1.93. The maximum atomic E-state index is 13.3. The average molecular weight is 306 g/mol. The molecule has 0 bridgehead atoms. The summed E-state index contributed by atoms with van der Waals surface area (Å²) in [7, 11) is 0. The molecular formula is C11H13BrFNO3. The van der Waals surface area contributed by atoms with Crippen LogP contribution >= 0.6 is 15.9 Å². The second-order valence-corrected chi connectivity index (χ2v) is 4.65. The van der Waals surface area contributed by atoms with Gasteiger partial charge in [-0.15, -0.1) is 0 Å². The van der Waals surface area contributed by atoms with Crippen molar-refractivity contribution in [2.75, 3.05) is 0 Å². The molecule has 0 amide bonds. The molecule has 0 saturated heterocycles. The van der Waals surface area contributed by atoms with Crippen LogP contribution in [0.25, 0.3) is 0 Å². The van der Waals surface area contributed by atoms with Crippen LogP contribution in [0.4, 0.5) is 10.1 Å². The maximum absolute atomic E-state index is 13.3. The number of hydrogen-bond donors (Lipinski definition) is 1. The van der Waals surface area contributed by atoms with Crippen molar-refractivity contribution < 1.29 is 14.4 Å². The van der Waals surface area contributed by atoms with Crippen LogP contribution in [0.2, 0.25) is 0 Å². The molecule has 0 aliphatic carbocycles. The molecule has 0 aliphatic heterocycles. The number of nitro benzene ring substituents is 1. The second-order valence-electron chi connectivity index (χ2n) is 3.80. The van der Waals surface area contributed by atoms with Crippen molar-refractivity contribution in [3.05, 3.63) is 38.1 Å². The van der Waals surface area contributed by atoms with E-state index in [1.165, 1.54) is 0 Å². The van der Waals surface area contributed by atoms with E-state index < -0.39 is 16.8 Å². The van der Waals surface area contributed by atoms with Crippen molar-refractivity contribution in [2.24, 2.45) is 0 Å². The molecule has 1 unspecified atom stereocenters. The van der Waals surface area contributed by atoms with Crippen molar-refractivity contribution in [1.29, 1.82) is 0 Å². The lowest BCUT2D eigenvalue weighted by Crippen LogP contribution is -2.11. The lowest BCUT2D eigenvalue weighted by atomic mass is 10.0. The summed E-state index contributed by atoms with van der Waals surface area (Å²) in [5.41, 5.74) is 0.0464. The minimum absolute atomic E-state index is 0.0536. The van der Waals surface area contributed by atoms with Gasteiger partial charge >= 0.3 is 0 Å². The van der Waals surface area contributed by atoms with Gasteiger partial charge in [0.2, 0.25) is 0 Å². The SMILES string of the molecule is CCCC(O)Cc1cc(F)c(Br)cc1[N+](=O)[O-]. The van der Waals surface area contributed by atoms with Gasteiger partial charge in [-0.3, -0.25) is 10.1 Å². The number of aliphatic hydroxyl groups is 1. The Hall–Kier alpha value is -1.01. The molecule has 1 aromatic carbocycles. The van der Waals surface area contributed by atoms with Crippen LogP contribution < -0.4 is 0 Å². The predicted octanol–water partition coefficient (Wildman–Crippen LogP) is 3.20. The zero-order valence-corrected chi connectivity index (χ0v) is 10.9. The Kier molecular flexibility index (Phi) is 5.02. The third kappa shape index (κ3) is 3.74. The van der Waals surface area contributed by atoms with Crippen LogP contribution in [0.5, 0.6) is 0 Å². The summed E-state index contributed by atoms with van der Waals surface area (Å²) in [6.07, 6.45) is 0.719. The highest BCUT2D eigenvalue weighted by molar-refractivity contribution is 9.10. The van der Waals surface area contributed by atoms with E-state index in [1.54, 1.807) is 0 Å². The van der Waals surface area contributed by atoms with Gasteiger partial charge in [-0.2, -0.15) is 0 Å². The van der Waals surface area contributed by atoms with Gasteiger partial charge in [0.25, 0.3) is 5.69 Å². The molecule has 0 radical (unpaired) electrons. The van der Waals surface area contributed by atoms with E-state index >= 15 is 0 Å². The Bertz CT molecular complexity index is 425. The summed E-state index contributed by atoms with van der Waals surface area (Å²) < 4.78 is 13.4. The number of aliphatic hydroxyl groups excluding tert-OH is 1. The Morgan fingerprint density at radius 3 is 2.76 bits per heavy atom. The first-order valence-corrected chi connectivity index (χ1v) is 6.05. The van der Waals surface area contributed by atoms with E-state index in [0.717, 1.165) is 18.6 Å². The van der Waals surface area contributed by atoms with Gasteiger partial charge in [-0.05, 0) is 28.4 Å². The van der Waals surface area contributed by atoms with E-state index in [1.807, 2.05) is 6.92 Å². The van der Waals surface area contributed by atoms with Crippen LogP contribution in [0.15, 0.2) is 16.6 Å². The quantitative estimate of drug-likeness (QED) is 0.671. The van der Waals surface area contributed by atoms with Crippen LogP contribution in [0.3, 0.4) is 0 Å². The van der Waals surface area contributed by atoms with E-state index in [4.69, 9.17) is 0 Å². The van der Waals surface area contributed by atoms with Gasteiger partial charge in [0.05, 0.1) is 15.5 Å². The first-order valence-electron chi connectivity index (χ1n) is 5.26. The molecule has 0 saturated carbocycles. The predicted molar refractivity (Wildman–Crippen MR) is 65.4 cm³/mol. The molecule has 6 heteroatoms. The van der Waals surface area contributed by atoms with Gasteiger partial charge < -0.3 is 5.11 Å². The Balaban J connectivity index is 3.04. The first kappa shape index (κ1) is 14.1. The molecule has 0 aromatic heterocycles. The van der Waals surface area contributed by atoms with E-state index in [2.05, 4.69) is 15.9 Å². The number of benzene rings is 1. The maximum Gasteiger partial charge on any atom is 0.274 e. The number of nitrogens with zero attached hydrogens (tertiary/aromatic N) is 1.